The van der Waals surface area contributed by atoms with Crippen LogP contribution in [0.25, 0.3) is 0 Å². The van der Waals surface area contributed by atoms with Gasteiger partial charge in [-0.2, -0.15) is 4.31 Å². The molecule has 2 aromatic rings. The predicted octanol–water partition coefficient (Wildman–Crippen LogP) is 3.76. The molecule has 0 spiro atoms. The highest BCUT2D eigenvalue weighted by Crippen LogP contribution is 2.26. The number of hydrogen-bond acceptors (Lipinski definition) is 3. The molecule has 1 aliphatic heterocycles. The fourth-order valence-corrected chi connectivity index (χ4v) is 5.18. The molecule has 1 heterocycles. The SMILES string of the molecule is CCc1ccc(CNC(=O)[C@H]2CCCCN2S(=O)(=O)c2ccc(Cl)cc2)cc1. The molecule has 1 N–H and O–H groups in total. The molecule has 0 bridgehead atoms. The Morgan fingerprint density at radius 3 is 2.36 bits per heavy atom. The van der Waals surface area contributed by atoms with Crippen LogP contribution in [0.1, 0.15) is 37.3 Å². The van der Waals surface area contributed by atoms with Gasteiger partial charge in [0.2, 0.25) is 15.9 Å². The van der Waals surface area contributed by atoms with E-state index in [9.17, 15) is 13.2 Å². The number of halogens is 1. The first-order chi connectivity index (χ1) is 13.4. The Bertz CT molecular complexity index is 912. The number of rotatable bonds is 6. The molecule has 1 saturated heterocycles. The van der Waals surface area contributed by atoms with Crippen molar-refractivity contribution in [1.82, 2.24) is 9.62 Å². The number of hydrogen-bond donors (Lipinski definition) is 1. The molecule has 2 aromatic carbocycles. The van der Waals surface area contributed by atoms with E-state index in [1.165, 1.54) is 22.0 Å². The van der Waals surface area contributed by atoms with Gasteiger partial charge in [-0.25, -0.2) is 8.42 Å². The highest BCUT2D eigenvalue weighted by molar-refractivity contribution is 7.89. The van der Waals surface area contributed by atoms with Gasteiger partial charge >= 0.3 is 0 Å². The predicted molar refractivity (Wildman–Crippen MR) is 111 cm³/mol. The number of nitrogens with one attached hydrogen (secondary N) is 1. The van der Waals surface area contributed by atoms with Crippen LogP contribution in [0.15, 0.2) is 53.4 Å². The third-order valence-electron chi connectivity index (χ3n) is 5.07. The van der Waals surface area contributed by atoms with Crippen molar-refractivity contribution in [1.29, 1.82) is 0 Å². The first-order valence-corrected chi connectivity index (χ1v) is 11.4. The molecule has 0 radical (unpaired) electrons. The molecule has 1 aliphatic rings. The van der Waals surface area contributed by atoms with E-state index < -0.39 is 16.1 Å². The van der Waals surface area contributed by atoms with Crippen LogP contribution < -0.4 is 5.32 Å². The first-order valence-electron chi connectivity index (χ1n) is 9.54. The van der Waals surface area contributed by atoms with Crippen molar-refractivity contribution < 1.29 is 13.2 Å². The van der Waals surface area contributed by atoms with Crippen LogP contribution in [-0.2, 0) is 27.8 Å². The molecular weight excluding hydrogens is 396 g/mol. The lowest BCUT2D eigenvalue weighted by Crippen LogP contribution is -2.51. The number of nitrogens with zero attached hydrogens (tertiary/aromatic N) is 1. The van der Waals surface area contributed by atoms with Crippen LogP contribution in [-0.4, -0.2) is 31.2 Å². The van der Waals surface area contributed by atoms with Crippen molar-refractivity contribution in [3.63, 3.8) is 0 Å². The standard InChI is InChI=1S/C21H25ClN2O3S/c1-2-16-6-8-17(9-7-16)15-23-21(25)20-5-3-4-14-24(20)28(26,27)19-12-10-18(22)11-13-19/h6-13,20H,2-5,14-15H2,1H3,(H,23,25)/t20-/m1/s1. The van der Waals surface area contributed by atoms with Gasteiger partial charge in [-0.3, -0.25) is 4.79 Å². The van der Waals surface area contributed by atoms with Gasteiger partial charge in [0.05, 0.1) is 4.90 Å². The average molecular weight is 421 g/mol. The second-order valence-corrected chi connectivity index (χ2v) is 9.30. The van der Waals surface area contributed by atoms with E-state index >= 15 is 0 Å². The molecule has 1 atom stereocenters. The van der Waals surface area contributed by atoms with Gasteiger partial charge in [0.25, 0.3) is 0 Å². The summed E-state index contributed by atoms with van der Waals surface area (Å²) in [5, 5.41) is 3.38. The van der Waals surface area contributed by atoms with Crippen molar-refractivity contribution in [3.8, 4) is 0 Å². The normalized spacial score (nSPS) is 18.0. The maximum atomic E-state index is 13.1. The fraction of sp³-hybridized carbons (Fsp3) is 0.381. The van der Waals surface area contributed by atoms with Crippen molar-refractivity contribution in [3.05, 3.63) is 64.7 Å². The summed E-state index contributed by atoms with van der Waals surface area (Å²) in [6.45, 7) is 2.82. The molecule has 7 heteroatoms. The van der Waals surface area contributed by atoms with Crippen LogP contribution in [0.4, 0.5) is 0 Å². The van der Waals surface area contributed by atoms with Gasteiger partial charge in [0, 0.05) is 18.1 Å². The Labute approximate surface area is 171 Å². The van der Waals surface area contributed by atoms with Crippen molar-refractivity contribution in [2.75, 3.05) is 6.54 Å². The Morgan fingerprint density at radius 2 is 1.71 bits per heavy atom. The lowest BCUT2D eigenvalue weighted by atomic mass is 10.0. The lowest BCUT2D eigenvalue weighted by molar-refractivity contribution is -0.125. The highest BCUT2D eigenvalue weighted by atomic mass is 35.5. The average Bonchev–Trinajstić information content (AvgIpc) is 2.72. The fourth-order valence-electron chi connectivity index (χ4n) is 3.40. The van der Waals surface area contributed by atoms with Gasteiger partial charge in [-0.05, 0) is 54.7 Å². The summed E-state index contributed by atoms with van der Waals surface area (Å²) in [5.41, 5.74) is 2.23. The van der Waals surface area contributed by atoms with E-state index in [0.29, 0.717) is 24.5 Å². The van der Waals surface area contributed by atoms with E-state index in [1.807, 2.05) is 24.3 Å². The van der Waals surface area contributed by atoms with Crippen molar-refractivity contribution in [2.24, 2.45) is 0 Å². The van der Waals surface area contributed by atoms with Crippen LogP contribution in [0.5, 0.6) is 0 Å². The number of carbonyl (C=O) groups is 1. The third-order valence-corrected chi connectivity index (χ3v) is 7.25. The quantitative estimate of drug-likeness (QED) is 0.773. The summed E-state index contributed by atoms with van der Waals surface area (Å²) in [7, 11) is -3.75. The highest BCUT2D eigenvalue weighted by Gasteiger charge is 2.37. The van der Waals surface area contributed by atoms with Crippen LogP contribution >= 0.6 is 11.6 Å². The molecule has 0 unspecified atom stereocenters. The maximum absolute atomic E-state index is 13.1. The zero-order valence-corrected chi connectivity index (χ0v) is 17.5. The summed E-state index contributed by atoms with van der Waals surface area (Å²) < 4.78 is 27.5. The number of sulfonamides is 1. The third kappa shape index (κ3) is 4.74. The summed E-state index contributed by atoms with van der Waals surface area (Å²) in [5.74, 6) is -0.253. The minimum absolute atomic E-state index is 0.159. The Balaban J connectivity index is 1.72. The molecule has 1 amide bonds. The van der Waals surface area contributed by atoms with E-state index in [-0.39, 0.29) is 10.8 Å². The van der Waals surface area contributed by atoms with Crippen molar-refractivity contribution >= 4 is 27.5 Å². The molecule has 28 heavy (non-hydrogen) atoms. The Morgan fingerprint density at radius 1 is 1.07 bits per heavy atom. The second kappa shape index (κ2) is 9.07. The topological polar surface area (TPSA) is 66.5 Å². The van der Waals surface area contributed by atoms with Gasteiger partial charge in [0.1, 0.15) is 6.04 Å². The summed E-state index contributed by atoms with van der Waals surface area (Å²) in [4.78, 5) is 13.0. The molecule has 0 aliphatic carbocycles. The number of amides is 1. The van der Waals surface area contributed by atoms with Crippen LogP contribution in [0.2, 0.25) is 5.02 Å². The summed E-state index contributed by atoms with van der Waals surface area (Å²) >= 11 is 5.87. The summed E-state index contributed by atoms with van der Waals surface area (Å²) in [6.07, 6.45) is 3.06. The molecular formula is C21H25ClN2O3S. The minimum Gasteiger partial charge on any atom is -0.351 e. The van der Waals surface area contributed by atoms with E-state index in [2.05, 4.69) is 12.2 Å². The number of carbonyl (C=O) groups excluding carboxylic acids is 1. The summed E-state index contributed by atoms with van der Waals surface area (Å²) in [6, 6.07) is 13.4. The second-order valence-electron chi connectivity index (χ2n) is 6.97. The van der Waals surface area contributed by atoms with Crippen LogP contribution in [0.3, 0.4) is 0 Å². The first kappa shape index (κ1) is 20.8. The number of piperidine rings is 1. The molecule has 150 valence electrons. The van der Waals surface area contributed by atoms with Crippen LogP contribution in [0, 0.1) is 0 Å². The van der Waals surface area contributed by atoms with E-state index in [4.69, 9.17) is 11.6 Å². The molecule has 0 aromatic heterocycles. The zero-order chi connectivity index (χ0) is 20.1. The largest absolute Gasteiger partial charge is 0.351 e. The minimum atomic E-state index is -3.75. The number of aryl methyl sites for hydroxylation is 1. The maximum Gasteiger partial charge on any atom is 0.243 e. The van der Waals surface area contributed by atoms with Gasteiger partial charge in [-0.15, -0.1) is 0 Å². The monoisotopic (exact) mass is 420 g/mol. The Kier molecular flexibility index (Phi) is 6.75. The van der Waals surface area contributed by atoms with E-state index in [1.54, 1.807) is 12.1 Å². The van der Waals surface area contributed by atoms with Crippen molar-refractivity contribution in [2.45, 2.75) is 50.1 Å². The Hall–Kier alpha value is -1.89. The molecule has 5 nitrogen and oxygen atoms in total. The smallest absolute Gasteiger partial charge is 0.243 e. The number of benzene rings is 2. The zero-order valence-electron chi connectivity index (χ0n) is 15.9. The van der Waals surface area contributed by atoms with Gasteiger partial charge in [0.15, 0.2) is 0 Å². The van der Waals surface area contributed by atoms with E-state index in [0.717, 1.165) is 24.8 Å². The molecule has 1 fully saturated rings. The molecule has 3 rings (SSSR count). The van der Waals surface area contributed by atoms with Gasteiger partial charge in [-0.1, -0.05) is 49.2 Å². The molecule has 0 saturated carbocycles. The van der Waals surface area contributed by atoms with Gasteiger partial charge < -0.3 is 5.32 Å². The lowest BCUT2D eigenvalue weighted by Gasteiger charge is -2.33.